The van der Waals surface area contributed by atoms with Gasteiger partial charge in [0.2, 0.25) is 5.91 Å². The van der Waals surface area contributed by atoms with E-state index in [0.717, 1.165) is 40.5 Å². The molecule has 3 rings (SSSR count). The molecule has 138 valence electrons. The summed E-state index contributed by atoms with van der Waals surface area (Å²) >= 11 is 5.09. The molecule has 1 aliphatic rings. The van der Waals surface area contributed by atoms with E-state index in [4.69, 9.17) is 0 Å². The van der Waals surface area contributed by atoms with E-state index in [2.05, 4.69) is 28.2 Å². The van der Waals surface area contributed by atoms with Gasteiger partial charge in [0.15, 0.2) is 0 Å². The van der Waals surface area contributed by atoms with Gasteiger partial charge in [-0.05, 0) is 61.4 Å². The number of benzene rings is 1. The SMILES string of the molecule is Cc1cc(Br)ccc1NC(=O)CN(C)C(=O)c1csc2c1CCC(C)C2. The molecular weight excluding hydrogens is 412 g/mol. The molecule has 1 aliphatic carbocycles. The average Bonchev–Trinajstić information content (AvgIpc) is 2.99. The van der Waals surface area contributed by atoms with E-state index in [-0.39, 0.29) is 18.4 Å². The monoisotopic (exact) mass is 434 g/mol. The maximum absolute atomic E-state index is 12.8. The summed E-state index contributed by atoms with van der Waals surface area (Å²) < 4.78 is 0.969. The van der Waals surface area contributed by atoms with Gasteiger partial charge in [-0.15, -0.1) is 11.3 Å². The minimum atomic E-state index is -0.191. The number of likely N-dealkylation sites (N-methyl/N-ethyl adjacent to an activating group) is 1. The van der Waals surface area contributed by atoms with E-state index >= 15 is 0 Å². The Labute approximate surface area is 166 Å². The van der Waals surface area contributed by atoms with Gasteiger partial charge in [-0.3, -0.25) is 9.59 Å². The number of carbonyl (C=O) groups excluding carboxylic acids is 2. The van der Waals surface area contributed by atoms with Crippen molar-refractivity contribution >= 4 is 44.8 Å². The first kappa shape index (κ1) is 19.1. The Morgan fingerprint density at radius 1 is 1.38 bits per heavy atom. The van der Waals surface area contributed by atoms with Crippen LogP contribution in [-0.4, -0.2) is 30.3 Å². The molecule has 0 fully saturated rings. The lowest BCUT2D eigenvalue weighted by molar-refractivity contribution is -0.116. The molecule has 1 aromatic carbocycles. The summed E-state index contributed by atoms with van der Waals surface area (Å²) in [7, 11) is 1.69. The lowest BCUT2D eigenvalue weighted by Crippen LogP contribution is -2.35. The van der Waals surface area contributed by atoms with Gasteiger partial charge >= 0.3 is 0 Å². The molecule has 2 aromatic rings. The number of halogens is 1. The molecule has 1 unspecified atom stereocenters. The zero-order chi connectivity index (χ0) is 18.8. The van der Waals surface area contributed by atoms with Crippen LogP contribution < -0.4 is 5.32 Å². The fourth-order valence-electron chi connectivity index (χ4n) is 3.31. The Morgan fingerprint density at radius 3 is 2.88 bits per heavy atom. The molecule has 0 saturated carbocycles. The van der Waals surface area contributed by atoms with Crippen molar-refractivity contribution < 1.29 is 9.59 Å². The standard InChI is InChI=1S/C20H23BrN2O2S/c1-12-4-6-15-16(11-26-18(15)8-12)20(25)23(3)10-19(24)22-17-7-5-14(21)9-13(17)2/h5,7,9,11-12H,4,6,8,10H2,1-3H3,(H,22,24). The Kier molecular flexibility index (Phi) is 5.82. The molecule has 2 amide bonds. The van der Waals surface area contributed by atoms with Crippen molar-refractivity contribution in [3.63, 3.8) is 0 Å². The number of hydrogen-bond donors (Lipinski definition) is 1. The third-order valence-corrected chi connectivity index (χ3v) is 6.37. The van der Waals surface area contributed by atoms with E-state index in [1.807, 2.05) is 30.5 Å². The summed E-state index contributed by atoms with van der Waals surface area (Å²) in [4.78, 5) is 28.0. The van der Waals surface area contributed by atoms with Gasteiger partial charge in [-0.2, -0.15) is 0 Å². The Hall–Kier alpha value is -1.66. The van der Waals surface area contributed by atoms with Gasteiger partial charge in [-0.1, -0.05) is 22.9 Å². The van der Waals surface area contributed by atoms with Crippen LogP contribution in [0.3, 0.4) is 0 Å². The van der Waals surface area contributed by atoms with Crippen LogP contribution in [0.2, 0.25) is 0 Å². The first-order valence-corrected chi connectivity index (χ1v) is 10.4. The molecule has 0 radical (unpaired) electrons. The zero-order valence-corrected chi connectivity index (χ0v) is 17.7. The normalized spacial score (nSPS) is 16.1. The molecule has 0 bridgehead atoms. The maximum atomic E-state index is 12.8. The van der Waals surface area contributed by atoms with Crippen LogP contribution in [0.1, 0.15) is 39.7 Å². The van der Waals surface area contributed by atoms with Crippen LogP contribution in [0, 0.1) is 12.8 Å². The molecule has 1 heterocycles. The van der Waals surface area contributed by atoms with Gasteiger partial charge < -0.3 is 10.2 Å². The number of rotatable bonds is 4. The number of anilines is 1. The summed E-state index contributed by atoms with van der Waals surface area (Å²) in [6, 6.07) is 5.69. The lowest BCUT2D eigenvalue weighted by atomic mass is 9.88. The van der Waals surface area contributed by atoms with Crippen molar-refractivity contribution in [1.29, 1.82) is 0 Å². The van der Waals surface area contributed by atoms with Crippen molar-refractivity contribution in [3.8, 4) is 0 Å². The van der Waals surface area contributed by atoms with E-state index in [0.29, 0.717) is 5.92 Å². The fourth-order valence-corrected chi connectivity index (χ4v) is 5.02. The minimum absolute atomic E-state index is 0.0371. The van der Waals surface area contributed by atoms with Crippen LogP contribution in [0.15, 0.2) is 28.1 Å². The second-order valence-corrected chi connectivity index (χ2v) is 8.95. The highest BCUT2D eigenvalue weighted by Crippen LogP contribution is 2.33. The summed E-state index contributed by atoms with van der Waals surface area (Å²) in [6.45, 7) is 4.23. The van der Waals surface area contributed by atoms with Gasteiger partial charge in [0.25, 0.3) is 5.91 Å². The lowest BCUT2D eigenvalue weighted by Gasteiger charge is -2.21. The molecule has 0 aliphatic heterocycles. The fraction of sp³-hybridized carbons (Fsp3) is 0.400. The predicted octanol–water partition coefficient (Wildman–Crippen LogP) is 4.65. The van der Waals surface area contributed by atoms with Crippen molar-refractivity contribution in [3.05, 3.63) is 49.6 Å². The number of nitrogens with one attached hydrogen (secondary N) is 1. The quantitative estimate of drug-likeness (QED) is 0.760. The Morgan fingerprint density at radius 2 is 2.15 bits per heavy atom. The first-order chi connectivity index (χ1) is 12.3. The highest BCUT2D eigenvalue weighted by Gasteiger charge is 2.25. The summed E-state index contributed by atoms with van der Waals surface area (Å²) in [5, 5.41) is 4.84. The second kappa shape index (κ2) is 7.92. The number of carbonyl (C=O) groups is 2. The smallest absolute Gasteiger partial charge is 0.255 e. The molecule has 4 nitrogen and oxygen atoms in total. The Bertz CT molecular complexity index is 846. The molecule has 26 heavy (non-hydrogen) atoms. The number of fused-ring (bicyclic) bond motifs is 1. The zero-order valence-electron chi connectivity index (χ0n) is 15.3. The number of thiophene rings is 1. The van der Waals surface area contributed by atoms with E-state index in [1.54, 1.807) is 18.4 Å². The minimum Gasteiger partial charge on any atom is -0.332 e. The van der Waals surface area contributed by atoms with Crippen molar-refractivity contribution in [2.45, 2.75) is 33.1 Å². The highest BCUT2D eigenvalue weighted by atomic mass is 79.9. The molecule has 0 saturated heterocycles. The molecule has 6 heteroatoms. The Balaban J connectivity index is 1.65. The number of nitrogens with zero attached hydrogens (tertiary/aromatic N) is 1. The topological polar surface area (TPSA) is 49.4 Å². The largest absolute Gasteiger partial charge is 0.332 e. The highest BCUT2D eigenvalue weighted by molar-refractivity contribution is 9.10. The number of amides is 2. The van der Waals surface area contributed by atoms with Crippen molar-refractivity contribution in [2.24, 2.45) is 5.92 Å². The van der Waals surface area contributed by atoms with E-state index < -0.39 is 0 Å². The van der Waals surface area contributed by atoms with Crippen molar-refractivity contribution in [1.82, 2.24) is 4.90 Å². The average molecular weight is 435 g/mol. The third kappa shape index (κ3) is 4.18. The number of hydrogen-bond acceptors (Lipinski definition) is 3. The van der Waals surface area contributed by atoms with Crippen LogP contribution in [0.4, 0.5) is 5.69 Å². The van der Waals surface area contributed by atoms with Crippen LogP contribution in [0.5, 0.6) is 0 Å². The second-order valence-electron chi connectivity index (χ2n) is 7.07. The van der Waals surface area contributed by atoms with E-state index in [9.17, 15) is 9.59 Å². The molecule has 1 aromatic heterocycles. The van der Waals surface area contributed by atoms with Crippen LogP contribution >= 0.6 is 27.3 Å². The summed E-state index contributed by atoms with van der Waals surface area (Å²) in [5.74, 6) is 0.422. The third-order valence-electron chi connectivity index (χ3n) is 4.82. The van der Waals surface area contributed by atoms with E-state index in [1.165, 1.54) is 15.3 Å². The maximum Gasteiger partial charge on any atom is 0.255 e. The summed E-state index contributed by atoms with van der Waals surface area (Å²) in [5.41, 5.74) is 3.70. The molecule has 1 atom stereocenters. The van der Waals surface area contributed by atoms with Gasteiger partial charge in [0.1, 0.15) is 0 Å². The molecule has 0 spiro atoms. The predicted molar refractivity (Wildman–Crippen MR) is 110 cm³/mol. The molecular formula is C20H23BrN2O2S. The van der Waals surface area contributed by atoms with Crippen LogP contribution in [0.25, 0.3) is 0 Å². The first-order valence-electron chi connectivity index (χ1n) is 8.76. The van der Waals surface area contributed by atoms with Gasteiger partial charge in [0, 0.05) is 27.5 Å². The van der Waals surface area contributed by atoms with Crippen LogP contribution in [-0.2, 0) is 17.6 Å². The number of aryl methyl sites for hydroxylation is 1. The van der Waals surface area contributed by atoms with Crippen molar-refractivity contribution in [2.75, 3.05) is 18.9 Å². The van der Waals surface area contributed by atoms with Gasteiger partial charge in [0.05, 0.1) is 12.1 Å². The molecule has 1 N–H and O–H groups in total. The summed E-state index contributed by atoms with van der Waals surface area (Å²) in [6.07, 6.45) is 3.14. The van der Waals surface area contributed by atoms with Gasteiger partial charge in [-0.25, -0.2) is 0 Å².